The molecule has 0 saturated heterocycles. The number of rotatable bonds is 2. The molecule has 0 aliphatic heterocycles. The zero-order valence-electron chi connectivity index (χ0n) is 8.65. The van der Waals surface area contributed by atoms with E-state index in [2.05, 4.69) is 0 Å². The highest BCUT2D eigenvalue weighted by Gasteiger charge is 2.13. The predicted octanol–water partition coefficient (Wildman–Crippen LogP) is 4.36. The van der Waals surface area contributed by atoms with Crippen molar-refractivity contribution in [2.24, 2.45) is 0 Å². The Morgan fingerprint density at radius 1 is 1.00 bits per heavy atom. The minimum atomic E-state index is -0.980. The van der Waals surface area contributed by atoms with Crippen LogP contribution in [-0.2, 0) is 0 Å². The van der Waals surface area contributed by atoms with Gasteiger partial charge in [-0.25, -0.2) is 4.79 Å². The average molecular weight is 267 g/mol. The first kappa shape index (κ1) is 12.0. The molecule has 2 aromatic carbocycles. The third kappa shape index (κ3) is 2.43. The molecular weight excluding hydrogens is 259 g/mol. The lowest BCUT2D eigenvalue weighted by Crippen LogP contribution is -1.99. The van der Waals surface area contributed by atoms with Crippen LogP contribution < -0.4 is 0 Å². The third-order valence-corrected chi connectivity index (χ3v) is 2.93. The summed E-state index contributed by atoms with van der Waals surface area (Å²) in [6.45, 7) is 0. The zero-order valence-corrected chi connectivity index (χ0v) is 10.2. The van der Waals surface area contributed by atoms with Crippen LogP contribution in [0.15, 0.2) is 42.5 Å². The fourth-order valence-corrected chi connectivity index (χ4v) is 2.12. The van der Waals surface area contributed by atoms with Gasteiger partial charge in [-0.2, -0.15) is 0 Å². The van der Waals surface area contributed by atoms with E-state index in [0.29, 0.717) is 21.2 Å². The summed E-state index contributed by atoms with van der Waals surface area (Å²) in [6.07, 6.45) is 0. The van der Waals surface area contributed by atoms with Crippen LogP contribution >= 0.6 is 23.2 Å². The summed E-state index contributed by atoms with van der Waals surface area (Å²) in [5.74, 6) is -0.980. The van der Waals surface area contributed by atoms with Crippen LogP contribution in [0.2, 0.25) is 10.0 Å². The Bertz CT molecular complexity index is 579. The van der Waals surface area contributed by atoms with Crippen LogP contribution in [0.5, 0.6) is 0 Å². The number of hydrogen-bond acceptors (Lipinski definition) is 1. The minimum absolute atomic E-state index is 0.219. The largest absolute Gasteiger partial charge is 0.478 e. The molecule has 0 aliphatic carbocycles. The van der Waals surface area contributed by atoms with Crippen molar-refractivity contribution >= 4 is 29.2 Å². The fourth-order valence-electron chi connectivity index (χ4n) is 1.61. The van der Waals surface area contributed by atoms with Crippen LogP contribution in [0.25, 0.3) is 11.1 Å². The quantitative estimate of drug-likeness (QED) is 0.877. The summed E-state index contributed by atoms with van der Waals surface area (Å²) >= 11 is 11.9. The lowest BCUT2D eigenvalue weighted by molar-refractivity contribution is 0.0698. The van der Waals surface area contributed by atoms with Gasteiger partial charge in [0.15, 0.2) is 0 Å². The van der Waals surface area contributed by atoms with Gasteiger partial charge in [-0.1, -0.05) is 47.5 Å². The lowest BCUT2D eigenvalue weighted by Gasteiger charge is -2.08. The molecule has 0 amide bonds. The second kappa shape index (κ2) is 4.78. The molecular formula is C13H8Cl2O2. The van der Waals surface area contributed by atoms with Gasteiger partial charge in [0.2, 0.25) is 0 Å². The highest BCUT2D eigenvalue weighted by Crippen LogP contribution is 2.32. The fraction of sp³-hybridized carbons (Fsp3) is 0. The maximum atomic E-state index is 11.1. The van der Waals surface area contributed by atoms with Crippen molar-refractivity contribution in [3.8, 4) is 11.1 Å². The molecule has 0 aliphatic rings. The second-order valence-electron chi connectivity index (χ2n) is 3.47. The maximum absolute atomic E-state index is 11.1. The number of carboxylic acids is 1. The molecule has 86 valence electrons. The number of aromatic carboxylic acids is 1. The van der Waals surface area contributed by atoms with Gasteiger partial charge in [-0.05, 0) is 23.8 Å². The Morgan fingerprint density at radius 3 is 2.35 bits per heavy atom. The van der Waals surface area contributed by atoms with Gasteiger partial charge in [0.05, 0.1) is 5.56 Å². The Kier molecular flexibility index (Phi) is 3.36. The lowest BCUT2D eigenvalue weighted by atomic mass is 10.00. The summed E-state index contributed by atoms with van der Waals surface area (Å²) in [4.78, 5) is 11.1. The molecule has 4 heteroatoms. The van der Waals surface area contributed by atoms with E-state index >= 15 is 0 Å². The van der Waals surface area contributed by atoms with E-state index in [1.54, 1.807) is 42.5 Å². The van der Waals surface area contributed by atoms with Crippen LogP contribution in [0.1, 0.15) is 10.4 Å². The van der Waals surface area contributed by atoms with Gasteiger partial charge in [0, 0.05) is 15.6 Å². The standard InChI is InChI=1S/C13H8Cl2O2/c14-8-5-6-10(12(15)7-8)9-3-1-2-4-11(9)13(16)17/h1-7H,(H,16,17). The summed E-state index contributed by atoms with van der Waals surface area (Å²) in [6, 6.07) is 11.7. The first-order valence-electron chi connectivity index (χ1n) is 4.87. The van der Waals surface area contributed by atoms with Crippen molar-refractivity contribution in [2.75, 3.05) is 0 Å². The van der Waals surface area contributed by atoms with E-state index in [1.807, 2.05) is 0 Å². The van der Waals surface area contributed by atoms with E-state index in [0.717, 1.165) is 0 Å². The Labute approximate surface area is 108 Å². The van der Waals surface area contributed by atoms with Crippen molar-refractivity contribution < 1.29 is 9.90 Å². The van der Waals surface area contributed by atoms with Crippen molar-refractivity contribution in [1.29, 1.82) is 0 Å². The monoisotopic (exact) mass is 266 g/mol. The summed E-state index contributed by atoms with van der Waals surface area (Å²) in [5.41, 5.74) is 1.47. The molecule has 2 nitrogen and oxygen atoms in total. The summed E-state index contributed by atoms with van der Waals surface area (Å²) in [7, 11) is 0. The molecule has 0 spiro atoms. The number of halogens is 2. The topological polar surface area (TPSA) is 37.3 Å². The molecule has 0 fully saturated rings. The third-order valence-electron chi connectivity index (χ3n) is 2.38. The van der Waals surface area contributed by atoms with E-state index in [4.69, 9.17) is 28.3 Å². The SMILES string of the molecule is O=C(O)c1ccccc1-c1ccc(Cl)cc1Cl. The average Bonchev–Trinajstić information content (AvgIpc) is 2.29. The zero-order chi connectivity index (χ0) is 12.4. The Morgan fingerprint density at radius 2 is 1.71 bits per heavy atom. The predicted molar refractivity (Wildman–Crippen MR) is 68.9 cm³/mol. The minimum Gasteiger partial charge on any atom is -0.478 e. The second-order valence-corrected chi connectivity index (χ2v) is 4.32. The molecule has 2 aromatic rings. The van der Waals surface area contributed by atoms with Crippen LogP contribution in [-0.4, -0.2) is 11.1 Å². The molecule has 2 rings (SSSR count). The van der Waals surface area contributed by atoms with Crippen LogP contribution in [0.4, 0.5) is 0 Å². The molecule has 0 unspecified atom stereocenters. The van der Waals surface area contributed by atoms with Crippen molar-refractivity contribution in [3.05, 3.63) is 58.1 Å². The Hall–Kier alpha value is -1.51. The first-order chi connectivity index (χ1) is 8.09. The van der Waals surface area contributed by atoms with Gasteiger partial charge >= 0.3 is 5.97 Å². The van der Waals surface area contributed by atoms with Gasteiger partial charge in [-0.15, -0.1) is 0 Å². The van der Waals surface area contributed by atoms with E-state index in [9.17, 15) is 4.79 Å². The van der Waals surface area contributed by atoms with E-state index in [1.165, 1.54) is 0 Å². The highest BCUT2D eigenvalue weighted by atomic mass is 35.5. The Balaban J connectivity index is 2.64. The molecule has 17 heavy (non-hydrogen) atoms. The maximum Gasteiger partial charge on any atom is 0.336 e. The molecule has 0 atom stereocenters. The van der Waals surface area contributed by atoms with Crippen molar-refractivity contribution in [3.63, 3.8) is 0 Å². The van der Waals surface area contributed by atoms with Crippen molar-refractivity contribution in [1.82, 2.24) is 0 Å². The number of benzene rings is 2. The van der Waals surface area contributed by atoms with Gasteiger partial charge in [0.1, 0.15) is 0 Å². The smallest absolute Gasteiger partial charge is 0.336 e. The molecule has 0 aromatic heterocycles. The summed E-state index contributed by atoms with van der Waals surface area (Å²) in [5, 5.41) is 10.1. The molecule has 0 heterocycles. The van der Waals surface area contributed by atoms with Gasteiger partial charge < -0.3 is 5.11 Å². The van der Waals surface area contributed by atoms with E-state index in [-0.39, 0.29) is 5.56 Å². The van der Waals surface area contributed by atoms with Gasteiger partial charge in [0.25, 0.3) is 0 Å². The molecule has 1 N–H and O–H groups in total. The number of hydrogen-bond donors (Lipinski definition) is 1. The van der Waals surface area contributed by atoms with Crippen LogP contribution in [0, 0.1) is 0 Å². The summed E-state index contributed by atoms with van der Waals surface area (Å²) < 4.78 is 0. The van der Waals surface area contributed by atoms with Crippen molar-refractivity contribution in [2.45, 2.75) is 0 Å². The normalized spacial score (nSPS) is 10.2. The highest BCUT2D eigenvalue weighted by molar-refractivity contribution is 6.36. The molecule has 0 saturated carbocycles. The first-order valence-corrected chi connectivity index (χ1v) is 5.63. The van der Waals surface area contributed by atoms with Gasteiger partial charge in [-0.3, -0.25) is 0 Å². The van der Waals surface area contributed by atoms with E-state index < -0.39 is 5.97 Å². The number of carbonyl (C=O) groups is 1. The van der Waals surface area contributed by atoms with Crippen LogP contribution in [0.3, 0.4) is 0 Å². The number of carboxylic acid groups (broad SMARTS) is 1. The molecule has 0 bridgehead atoms. The molecule has 0 radical (unpaired) electrons.